The Kier molecular flexibility index (Phi) is 3.32. The fourth-order valence-corrected chi connectivity index (χ4v) is 3.26. The third-order valence-electron chi connectivity index (χ3n) is 4.57. The number of hydrogen-bond acceptors (Lipinski definition) is 2. The molecule has 1 atom stereocenters. The highest BCUT2D eigenvalue weighted by molar-refractivity contribution is 5.73. The lowest BCUT2D eigenvalue weighted by atomic mass is 9.85. The van der Waals surface area contributed by atoms with Crippen molar-refractivity contribution in [3.05, 3.63) is 71.1 Å². The standard InChI is InChI=1S/C19H22N2/c1-5-9-17-18-16(13-12-14(2)20-18)19(3,21(17)4)15-10-7-6-8-11-15/h6-13H,5H2,1-4H3. The van der Waals surface area contributed by atoms with Crippen molar-refractivity contribution in [1.82, 2.24) is 9.88 Å². The van der Waals surface area contributed by atoms with Crippen LogP contribution in [0.25, 0.3) is 5.70 Å². The summed E-state index contributed by atoms with van der Waals surface area (Å²) in [7, 11) is 2.17. The van der Waals surface area contributed by atoms with E-state index in [0.29, 0.717) is 0 Å². The number of pyridine rings is 1. The predicted molar refractivity (Wildman–Crippen MR) is 87.9 cm³/mol. The highest BCUT2D eigenvalue weighted by Gasteiger charge is 2.43. The minimum Gasteiger partial charge on any atom is -0.359 e. The van der Waals surface area contributed by atoms with Gasteiger partial charge in [-0.1, -0.05) is 49.4 Å². The van der Waals surface area contributed by atoms with Crippen molar-refractivity contribution < 1.29 is 0 Å². The summed E-state index contributed by atoms with van der Waals surface area (Å²) in [6, 6.07) is 15.0. The first-order chi connectivity index (χ1) is 10.1. The largest absolute Gasteiger partial charge is 0.359 e. The van der Waals surface area contributed by atoms with E-state index < -0.39 is 0 Å². The van der Waals surface area contributed by atoms with E-state index in [0.717, 1.165) is 17.8 Å². The lowest BCUT2D eigenvalue weighted by molar-refractivity contribution is 0.291. The number of aryl methyl sites for hydroxylation is 1. The quantitative estimate of drug-likeness (QED) is 0.812. The van der Waals surface area contributed by atoms with Crippen LogP contribution in [0.3, 0.4) is 0 Å². The maximum Gasteiger partial charge on any atom is 0.0922 e. The van der Waals surface area contributed by atoms with Crippen LogP contribution in [0, 0.1) is 6.92 Å². The van der Waals surface area contributed by atoms with Crippen LogP contribution in [0.4, 0.5) is 0 Å². The SMILES string of the molecule is CCC=C1c2nc(C)ccc2C(C)(c2ccccc2)N1C. The molecule has 0 bridgehead atoms. The molecule has 2 heterocycles. The molecule has 0 radical (unpaired) electrons. The molecule has 108 valence electrons. The van der Waals surface area contributed by atoms with Crippen LogP contribution in [0.2, 0.25) is 0 Å². The monoisotopic (exact) mass is 278 g/mol. The van der Waals surface area contributed by atoms with Crippen LogP contribution in [0.5, 0.6) is 0 Å². The van der Waals surface area contributed by atoms with E-state index in [4.69, 9.17) is 4.98 Å². The Balaban J connectivity index is 2.27. The van der Waals surface area contributed by atoms with E-state index in [2.05, 4.69) is 81.3 Å². The summed E-state index contributed by atoms with van der Waals surface area (Å²) >= 11 is 0. The van der Waals surface area contributed by atoms with Gasteiger partial charge in [0.05, 0.1) is 16.9 Å². The van der Waals surface area contributed by atoms with Gasteiger partial charge in [0, 0.05) is 18.3 Å². The fourth-order valence-electron chi connectivity index (χ4n) is 3.26. The Morgan fingerprint density at radius 3 is 2.52 bits per heavy atom. The van der Waals surface area contributed by atoms with Crippen molar-refractivity contribution in [3.8, 4) is 0 Å². The molecule has 0 saturated carbocycles. The summed E-state index contributed by atoms with van der Waals surface area (Å²) in [5.41, 5.74) is 5.88. The smallest absolute Gasteiger partial charge is 0.0922 e. The third kappa shape index (κ3) is 1.98. The van der Waals surface area contributed by atoms with Crippen LogP contribution in [-0.4, -0.2) is 16.9 Å². The zero-order chi connectivity index (χ0) is 15.0. The Labute approximate surface area is 127 Å². The van der Waals surface area contributed by atoms with E-state index in [9.17, 15) is 0 Å². The molecule has 2 nitrogen and oxygen atoms in total. The summed E-state index contributed by atoms with van der Waals surface area (Å²) in [4.78, 5) is 7.18. The van der Waals surface area contributed by atoms with Gasteiger partial charge in [0.1, 0.15) is 0 Å². The Hall–Kier alpha value is -2.09. The van der Waals surface area contributed by atoms with Gasteiger partial charge in [0.15, 0.2) is 0 Å². The molecular formula is C19H22N2. The molecule has 0 fully saturated rings. The lowest BCUT2D eigenvalue weighted by Gasteiger charge is -2.35. The number of aromatic nitrogens is 1. The summed E-state index contributed by atoms with van der Waals surface area (Å²) in [5.74, 6) is 0. The fraction of sp³-hybridized carbons (Fsp3) is 0.316. The molecule has 1 aromatic carbocycles. The molecule has 0 aliphatic carbocycles. The van der Waals surface area contributed by atoms with Crippen molar-refractivity contribution in [3.63, 3.8) is 0 Å². The van der Waals surface area contributed by atoms with Gasteiger partial charge in [0.25, 0.3) is 0 Å². The molecule has 3 rings (SSSR count). The summed E-state index contributed by atoms with van der Waals surface area (Å²) < 4.78 is 0. The van der Waals surface area contributed by atoms with E-state index in [1.54, 1.807) is 0 Å². The molecule has 0 spiro atoms. The van der Waals surface area contributed by atoms with Crippen LogP contribution in [-0.2, 0) is 5.54 Å². The normalized spacial score (nSPS) is 22.7. The van der Waals surface area contributed by atoms with Gasteiger partial charge in [-0.25, -0.2) is 0 Å². The topological polar surface area (TPSA) is 16.1 Å². The average Bonchev–Trinajstić information content (AvgIpc) is 2.71. The van der Waals surface area contributed by atoms with E-state index in [1.165, 1.54) is 16.8 Å². The predicted octanol–water partition coefficient (Wildman–Crippen LogP) is 4.35. The van der Waals surface area contributed by atoms with E-state index in [1.807, 2.05) is 0 Å². The summed E-state index contributed by atoms with van der Waals surface area (Å²) in [6.07, 6.45) is 3.29. The van der Waals surface area contributed by atoms with Crippen LogP contribution in [0.15, 0.2) is 48.5 Å². The molecule has 0 N–H and O–H groups in total. The molecule has 0 amide bonds. The number of benzene rings is 1. The second kappa shape index (κ2) is 5.03. The maximum atomic E-state index is 4.82. The molecule has 1 aromatic heterocycles. The number of rotatable bonds is 2. The van der Waals surface area contributed by atoms with Gasteiger partial charge >= 0.3 is 0 Å². The number of fused-ring (bicyclic) bond motifs is 1. The highest BCUT2D eigenvalue weighted by atomic mass is 15.2. The molecule has 21 heavy (non-hydrogen) atoms. The summed E-state index contributed by atoms with van der Waals surface area (Å²) in [5, 5.41) is 0. The van der Waals surface area contributed by atoms with Crippen molar-refractivity contribution in [2.24, 2.45) is 0 Å². The first-order valence-corrected chi connectivity index (χ1v) is 7.57. The minimum atomic E-state index is -0.154. The van der Waals surface area contributed by atoms with Gasteiger partial charge < -0.3 is 4.90 Å². The Bertz CT molecular complexity index is 688. The zero-order valence-corrected chi connectivity index (χ0v) is 13.2. The summed E-state index contributed by atoms with van der Waals surface area (Å²) in [6.45, 7) is 6.52. The van der Waals surface area contributed by atoms with Crippen molar-refractivity contribution in [2.75, 3.05) is 7.05 Å². The van der Waals surface area contributed by atoms with E-state index >= 15 is 0 Å². The van der Waals surface area contributed by atoms with Gasteiger partial charge in [-0.2, -0.15) is 0 Å². The van der Waals surface area contributed by atoms with Crippen molar-refractivity contribution in [1.29, 1.82) is 0 Å². The number of hydrogen-bond donors (Lipinski definition) is 0. The molecule has 1 unspecified atom stereocenters. The molecular weight excluding hydrogens is 256 g/mol. The van der Waals surface area contributed by atoms with Gasteiger partial charge in [-0.05, 0) is 31.9 Å². The van der Waals surface area contributed by atoms with Gasteiger partial charge in [-0.15, -0.1) is 0 Å². The van der Waals surface area contributed by atoms with Crippen LogP contribution in [0.1, 0.15) is 42.8 Å². The molecule has 1 aliphatic heterocycles. The third-order valence-corrected chi connectivity index (χ3v) is 4.57. The van der Waals surface area contributed by atoms with Crippen molar-refractivity contribution in [2.45, 2.75) is 32.7 Å². The molecule has 0 saturated heterocycles. The Morgan fingerprint density at radius 1 is 1.14 bits per heavy atom. The van der Waals surface area contributed by atoms with Crippen molar-refractivity contribution >= 4 is 5.70 Å². The highest BCUT2D eigenvalue weighted by Crippen LogP contribution is 2.47. The van der Waals surface area contributed by atoms with Crippen LogP contribution < -0.4 is 0 Å². The second-order valence-corrected chi connectivity index (χ2v) is 5.84. The molecule has 2 aromatic rings. The number of nitrogens with zero attached hydrogens (tertiary/aromatic N) is 2. The van der Waals surface area contributed by atoms with Gasteiger partial charge in [-0.3, -0.25) is 4.98 Å². The molecule has 2 heteroatoms. The first-order valence-electron chi connectivity index (χ1n) is 7.57. The molecule has 1 aliphatic rings. The Morgan fingerprint density at radius 2 is 1.86 bits per heavy atom. The lowest BCUT2D eigenvalue weighted by Crippen LogP contribution is -2.35. The maximum absolute atomic E-state index is 4.82. The zero-order valence-electron chi connectivity index (χ0n) is 13.2. The number of allylic oxidation sites excluding steroid dienone is 1. The first kappa shape index (κ1) is 13.9. The second-order valence-electron chi connectivity index (χ2n) is 5.84. The minimum absolute atomic E-state index is 0.154. The average molecular weight is 278 g/mol. The van der Waals surface area contributed by atoms with Crippen LogP contribution >= 0.6 is 0 Å². The van der Waals surface area contributed by atoms with E-state index in [-0.39, 0.29) is 5.54 Å². The van der Waals surface area contributed by atoms with Gasteiger partial charge in [0.2, 0.25) is 0 Å².